The lowest BCUT2D eigenvalue weighted by Gasteiger charge is -2.35. The van der Waals surface area contributed by atoms with Crippen LogP contribution >= 0.6 is 0 Å². The molecule has 2 nitrogen and oxygen atoms in total. The van der Waals surface area contributed by atoms with Crippen LogP contribution in [0.1, 0.15) is 34.1 Å². The average Bonchev–Trinajstić information content (AvgIpc) is 2.11. The van der Waals surface area contributed by atoms with Crippen molar-refractivity contribution in [3.05, 3.63) is 0 Å². The monoisotopic (exact) mass is 171 g/mol. The van der Waals surface area contributed by atoms with Gasteiger partial charge in [0.05, 0.1) is 6.10 Å². The van der Waals surface area contributed by atoms with Crippen molar-refractivity contribution in [1.29, 1.82) is 0 Å². The molecule has 0 N–H and O–H groups in total. The molecule has 1 fully saturated rings. The third-order valence-electron chi connectivity index (χ3n) is 2.40. The van der Waals surface area contributed by atoms with Crippen molar-refractivity contribution in [2.75, 3.05) is 19.7 Å². The summed E-state index contributed by atoms with van der Waals surface area (Å²) in [7, 11) is 0. The molecule has 2 heteroatoms. The van der Waals surface area contributed by atoms with Gasteiger partial charge in [-0.1, -0.05) is 0 Å². The number of ether oxygens (including phenoxy) is 1. The number of nitrogens with zero attached hydrogens (tertiary/aromatic N) is 1. The van der Waals surface area contributed by atoms with Crippen LogP contribution in [0.3, 0.4) is 0 Å². The molecule has 1 heterocycles. The van der Waals surface area contributed by atoms with Crippen molar-refractivity contribution in [3.8, 4) is 0 Å². The predicted molar refractivity (Wildman–Crippen MR) is 51.4 cm³/mol. The Bertz CT molecular complexity index is 139. The van der Waals surface area contributed by atoms with Crippen LogP contribution < -0.4 is 0 Å². The summed E-state index contributed by atoms with van der Waals surface area (Å²) in [6.07, 6.45) is 1.56. The quantitative estimate of drug-likeness (QED) is 0.552. The fourth-order valence-corrected chi connectivity index (χ4v) is 1.60. The minimum atomic E-state index is 0.294. The molecular formula is C10H21NO. The maximum Gasteiger partial charge on any atom is 0.0674 e. The van der Waals surface area contributed by atoms with Crippen LogP contribution in [-0.2, 0) is 4.74 Å². The molecule has 0 radical (unpaired) electrons. The number of hydrogen-bond acceptors (Lipinski definition) is 2. The zero-order valence-corrected chi connectivity index (χ0v) is 8.76. The molecule has 0 amide bonds. The van der Waals surface area contributed by atoms with Crippen LogP contribution in [0, 0.1) is 0 Å². The Hall–Kier alpha value is -0.0800. The van der Waals surface area contributed by atoms with E-state index in [0.29, 0.717) is 11.6 Å². The summed E-state index contributed by atoms with van der Waals surface area (Å²) in [6.45, 7) is 12.1. The lowest BCUT2D eigenvalue weighted by Crippen LogP contribution is -2.44. The molecule has 0 spiro atoms. The van der Waals surface area contributed by atoms with Gasteiger partial charge in [-0.3, -0.25) is 4.90 Å². The van der Waals surface area contributed by atoms with Crippen molar-refractivity contribution < 1.29 is 4.74 Å². The second-order valence-corrected chi connectivity index (χ2v) is 4.65. The highest BCUT2D eigenvalue weighted by Crippen LogP contribution is 2.17. The van der Waals surface area contributed by atoms with Crippen LogP contribution in [0.4, 0.5) is 0 Å². The normalized spacial score (nSPS) is 28.5. The summed E-state index contributed by atoms with van der Waals surface area (Å²) in [6, 6.07) is 0. The summed E-state index contributed by atoms with van der Waals surface area (Å²) < 4.78 is 5.59. The molecule has 1 rings (SSSR count). The zero-order chi connectivity index (χ0) is 9.19. The van der Waals surface area contributed by atoms with Gasteiger partial charge in [0, 0.05) is 25.2 Å². The molecule has 0 saturated carbocycles. The fourth-order valence-electron chi connectivity index (χ4n) is 1.60. The molecule has 12 heavy (non-hydrogen) atoms. The third kappa shape index (κ3) is 2.76. The summed E-state index contributed by atoms with van der Waals surface area (Å²) in [4.78, 5) is 2.50. The molecular weight excluding hydrogens is 150 g/mol. The first-order chi connectivity index (χ1) is 5.50. The van der Waals surface area contributed by atoms with Crippen LogP contribution in [0.15, 0.2) is 0 Å². The van der Waals surface area contributed by atoms with E-state index in [9.17, 15) is 0 Å². The Morgan fingerprint density at radius 2 is 2.00 bits per heavy atom. The Morgan fingerprint density at radius 1 is 1.33 bits per heavy atom. The Morgan fingerprint density at radius 3 is 2.58 bits per heavy atom. The van der Waals surface area contributed by atoms with Crippen LogP contribution in [0.25, 0.3) is 0 Å². The van der Waals surface area contributed by atoms with E-state index in [4.69, 9.17) is 4.74 Å². The van der Waals surface area contributed by atoms with Crippen LogP contribution in [0.5, 0.6) is 0 Å². The van der Waals surface area contributed by atoms with Gasteiger partial charge in [-0.25, -0.2) is 0 Å². The fraction of sp³-hybridized carbons (Fsp3) is 1.00. The summed E-state index contributed by atoms with van der Waals surface area (Å²) in [5, 5.41) is 0. The summed E-state index contributed by atoms with van der Waals surface area (Å²) in [5.41, 5.74) is 0.294. The Labute approximate surface area is 75.9 Å². The molecule has 1 aliphatic rings. The highest BCUT2D eigenvalue weighted by atomic mass is 16.5. The van der Waals surface area contributed by atoms with Gasteiger partial charge in [0.1, 0.15) is 0 Å². The van der Waals surface area contributed by atoms with Crippen LogP contribution in [0.2, 0.25) is 0 Å². The number of rotatable bonds is 0. The molecule has 72 valence electrons. The van der Waals surface area contributed by atoms with E-state index in [-0.39, 0.29) is 0 Å². The molecule has 0 aromatic carbocycles. The Kier molecular flexibility index (Phi) is 3.13. The smallest absolute Gasteiger partial charge is 0.0674 e. The first-order valence-corrected chi connectivity index (χ1v) is 4.87. The molecule has 0 unspecified atom stereocenters. The average molecular weight is 171 g/mol. The maximum absolute atomic E-state index is 5.59. The van der Waals surface area contributed by atoms with Crippen molar-refractivity contribution in [3.63, 3.8) is 0 Å². The van der Waals surface area contributed by atoms with Gasteiger partial charge in [0.25, 0.3) is 0 Å². The second-order valence-electron chi connectivity index (χ2n) is 4.65. The van der Waals surface area contributed by atoms with Gasteiger partial charge in [-0.15, -0.1) is 0 Å². The highest BCUT2D eigenvalue weighted by molar-refractivity contribution is 4.79. The third-order valence-corrected chi connectivity index (χ3v) is 2.40. The summed E-state index contributed by atoms with van der Waals surface area (Å²) in [5.74, 6) is 0. The highest BCUT2D eigenvalue weighted by Gasteiger charge is 2.24. The minimum absolute atomic E-state index is 0.294. The first kappa shape index (κ1) is 10.0. The second kappa shape index (κ2) is 3.75. The van der Waals surface area contributed by atoms with Gasteiger partial charge in [0.2, 0.25) is 0 Å². The van der Waals surface area contributed by atoms with Gasteiger partial charge in [0.15, 0.2) is 0 Å². The molecule has 1 aliphatic heterocycles. The maximum atomic E-state index is 5.59. The van der Waals surface area contributed by atoms with E-state index in [1.807, 2.05) is 0 Å². The molecule has 0 bridgehead atoms. The summed E-state index contributed by atoms with van der Waals surface area (Å²) >= 11 is 0. The molecule has 1 atom stereocenters. The minimum Gasteiger partial charge on any atom is -0.377 e. The Balaban J connectivity index is 2.52. The SMILES string of the molecule is C[C@H]1CN(C(C)(C)C)CCCO1. The van der Waals surface area contributed by atoms with Crippen molar-refractivity contribution >= 4 is 0 Å². The van der Waals surface area contributed by atoms with E-state index >= 15 is 0 Å². The van der Waals surface area contributed by atoms with E-state index in [2.05, 4.69) is 32.6 Å². The molecule has 1 saturated heterocycles. The molecule has 0 aliphatic carbocycles. The zero-order valence-electron chi connectivity index (χ0n) is 8.76. The van der Waals surface area contributed by atoms with E-state index in [0.717, 1.165) is 13.2 Å². The van der Waals surface area contributed by atoms with E-state index in [1.165, 1.54) is 13.0 Å². The van der Waals surface area contributed by atoms with Gasteiger partial charge in [-0.2, -0.15) is 0 Å². The van der Waals surface area contributed by atoms with Crippen molar-refractivity contribution in [1.82, 2.24) is 4.90 Å². The lowest BCUT2D eigenvalue weighted by molar-refractivity contribution is 0.0499. The van der Waals surface area contributed by atoms with E-state index < -0.39 is 0 Å². The standard InChI is InChI=1S/C10H21NO/c1-9-8-11(10(2,3)4)6-5-7-12-9/h9H,5-8H2,1-4H3/t9-/m0/s1. The van der Waals surface area contributed by atoms with Gasteiger partial charge in [-0.05, 0) is 34.1 Å². The van der Waals surface area contributed by atoms with Gasteiger partial charge < -0.3 is 4.74 Å². The molecule has 0 aromatic heterocycles. The number of hydrogen-bond donors (Lipinski definition) is 0. The van der Waals surface area contributed by atoms with Crippen molar-refractivity contribution in [2.24, 2.45) is 0 Å². The van der Waals surface area contributed by atoms with Gasteiger partial charge >= 0.3 is 0 Å². The van der Waals surface area contributed by atoms with E-state index in [1.54, 1.807) is 0 Å². The van der Waals surface area contributed by atoms with Crippen LogP contribution in [-0.4, -0.2) is 36.2 Å². The predicted octanol–water partition coefficient (Wildman–Crippen LogP) is 1.90. The topological polar surface area (TPSA) is 12.5 Å². The van der Waals surface area contributed by atoms with Crippen molar-refractivity contribution in [2.45, 2.75) is 45.8 Å². The largest absolute Gasteiger partial charge is 0.377 e. The first-order valence-electron chi connectivity index (χ1n) is 4.87. The molecule has 0 aromatic rings. The lowest BCUT2D eigenvalue weighted by atomic mass is 10.1.